The number of nitrogens with zero attached hydrogens (tertiary/aromatic N) is 1. The highest BCUT2D eigenvalue weighted by atomic mass is 35.5. The Balaban J connectivity index is 3.44. The van der Waals surface area contributed by atoms with Crippen LogP contribution in [0.5, 0.6) is 0 Å². The first-order valence-corrected chi connectivity index (χ1v) is 4.25. The van der Waals surface area contributed by atoms with E-state index in [0.717, 1.165) is 0 Å². The van der Waals surface area contributed by atoms with Crippen LogP contribution in [0.1, 0.15) is 17.7 Å². The zero-order chi connectivity index (χ0) is 11.6. The molecule has 0 amide bonds. The van der Waals surface area contributed by atoms with Gasteiger partial charge in [-0.05, 0) is 0 Å². The van der Waals surface area contributed by atoms with Gasteiger partial charge >= 0.3 is 0 Å². The zero-order valence-corrected chi connectivity index (χ0v) is 7.92. The Kier molecular flexibility index (Phi) is 3.35. The van der Waals surface area contributed by atoms with Crippen LogP contribution in [0.2, 0.25) is 0 Å². The molecule has 1 N–H and O–H groups in total. The standard InChI is InChI=1S/C7H5ClF2N2O3/c8-2-4-5(12(14)15)1-3(6(9)10)7(13)11-4/h1,6H,2H2,(H,11,13). The van der Waals surface area contributed by atoms with Crippen LogP contribution in [0.25, 0.3) is 0 Å². The summed E-state index contributed by atoms with van der Waals surface area (Å²) < 4.78 is 24.5. The van der Waals surface area contributed by atoms with Crippen molar-refractivity contribution >= 4 is 17.3 Å². The number of H-pyrrole nitrogens is 1. The summed E-state index contributed by atoms with van der Waals surface area (Å²) >= 11 is 5.32. The molecule has 0 saturated carbocycles. The molecule has 15 heavy (non-hydrogen) atoms. The van der Waals surface area contributed by atoms with Gasteiger partial charge in [0.1, 0.15) is 5.69 Å². The first-order chi connectivity index (χ1) is 6.97. The van der Waals surface area contributed by atoms with Gasteiger partial charge in [-0.25, -0.2) is 8.78 Å². The maximum Gasteiger partial charge on any atom is 0.290 e. The molecular weight excluding hydrogens is 234 g/mol. The number of nitrogens with one attached hydrogen (secondary N) is 1. The third-order valence-corrected chi connectivity index (χ3v) is 1.96. The molecule has 0 aliphatic heterocycles. The van der Waals surface area contributed by atoms with Crippen LogP contribution in [-0.2, 0) is 5.88 Å². The van der Waals surface area contributed by atoms with Crippen LogP contribution < -0.4 is 5.56 Å². The third-order valence-electron chi connectivity index (χ3n) is 1.69. The minimum Gasteiger partial charge on any atom is -0.319 e. The smallest absolute Gasteiger partial charge is 0.290 e. The molecule has 0 bridgehead atoms. The summed E-state index contributed by atoms with van der Waals surface area (Å²) in [5, 5.41) is 10.4. The molecule has 0 atom stereocenters. The van der Waals surface area contributed by atoms with Crippen molar-refractivity contribution in [1.82, 2.24) is 4.98 Å². The van der Waals surface area contributed by atoms with Crippen LogP contribution >= 0.6 is 11.6 Å². The van der Waals surface area contributed by atoms with Gasteiger partial charge in [0.2, 0.25) is 0 Å². The summed E-state index contributed by atoms with van der Waals surface area (Å²) in [4.78, 5) is 22.5. The second-order valence-electron chi connectivity index (χ2n) is 2.61. The van der Waals surface area contributed by atoms with Crippen molar-refractivity contribution in [2.75, 3.05) is 0 Å². The minimum atomic E-state index is -3.06. The van der Waals surface area contributed by atoms with E-state index < -0.39 is 28.2 Å². The van der Waals surface area contributed by atoms with Gasteiger partial charge < -0.3 is 4.98 Å². The molecule has 5 nitrogen and oxygen atoms in total. The molecule has 82 valence electrons. The number of pyridine rings is 1. The highest BCUT2D eigenvalue weighted by molar-refractivity contribution is 6.17. The normalized spacial score (nSPS) is 10.7. The number of rotatable bonds is 3. The van der Waals surface area contributed by atoms with Gasteiger partial charge in [-0.3, -0.25) is 14.9 Å². The number of alkyl halides is 3. The summed E-state index contributed by atoms with van der Waals surface area (Å²) in [6.07, 6.45) is -3.06. The predicted octanol–water partition coefficient (Wildman–Crippen LogP) is 1.96. The van der Waals surface area contributed by atoms with E-state index in [-0.39, 0.29) is 11.6 Å². The number of hydrogen-bond acceptors (Lipinski definition) is 3. The van der Waals surface area contributed by atoms with E-state index in [0.29, 0.717) is 6.07 Å². The largest absolute Gasteiger partial charge is 0.319 e. The SMILES string of the molecule is O=c1[nH]c(CCl)c([N+](=O)[O-])cc1C(F)F. The van der Waals surface area contributed by atoms with E-state index in [1.165, 1.54) is 0 Å². The second kappa shape index (κ2) is 4.35. The van der Waals surface area contributed by atoms with Crippen LogP contribution in [-0.4, -0.2) is 9.91 Å². The van der Waals surface area contributed by atoms with Gasteiger partial charge in [-0.15, -0.1) is 11.6 Å². The number of aromatic nitrogens is 1. The Morgan fingerprint density at radius 3 is 2.60 bits per heavy atom. The number of halogens is 3. The Hall–Kier alpha value is -1.50. The lowest BCUT2D eigenvalue weighted by Crippen LogP contribution is -2.16. The molecule has 8 heteroatoms. The molecule has 0 radical (unpaired) electrons. The molecule has 1 heterocycles. The van der Waals surface area contributed by atoms with E-state index in [1.807, 2.05) is 4.98 Å². The highest BCUT2D eigenvalue weighted by Crippen LogP contribution is 2.22. The molecule has 1 rings (SSSR count). The number of hydrogen-bond donors (Lipinski definition) is 1. The fraction of sp³-hybridized carbons (Fsp3) is 0.286. The van der Waals surface area contributed by atoms with Crippen LogP contribution in [0.4, 0.5) is 14.5 Å². The molecule has 0 aliphatic carbocycles. The Labute approximate surface area is 86.8 Å². The lowest BCUT2D eigenvalue weighted by Gasteiger charge is -2.02. The predicted molar refractivity (Wildman–Crippen MR) is 48.2 cm³/mol. The van der Waals surface area contributed by atoms with Crippen LogP contribution in [0, 0.1) is 10.1 Å². The lowest BCUT2D eigenvalue weighted by atomic mass is 10.2. The molecule has 0 spiro atoms. The first kappa shape index (κ1) is 11.6. The highest BCUT2D eigenvalue weighted by Gasteiger charge is 2.21. The summed E-state index contributed by atoms with van der Waals surface area (Å²) in [6.45, 7) is 0. The van der Waals surface area contributed by atoms with E-state index >= 15 is 0 Å². The molecule has 0 unspecified atom stereocenters. The molecule has 1 aromatic rings. The van der Waals surface area contributed by atoms with Crippen molar-refractivity contribution in [1.29, 1.82) is 0 Å². The van der Waals surface area contributed by atoms with E-state index in [2.05, 4.69) is 0 Å². The third kappa shape index (κ3) is 2.30. The molecule has 0 saturated heterocycles. The van der Waals surface area contributed by atoms with Gasteiger partial charge in [-0.2, -0.15) is 0 Å². The van der Waals surface area contributed by atoms with Crippen LogP contribution in [0.15, 0.2) is 10.9 Å². The molecule has 1 aromatic heterocycles. The van der Waals surface area contributed by atoms with Crippen molar-refractivity contribution in [2.24, 2.45) is 0 Å². The van der Waals surface area contributed by atoms with Crippen LogP contribution in [0.3, 0.4) is 0 Å². The van der Waals surface area contributed by atoms with Gasteiger partial charge in [0, 0.05) is 6.07 Å². The van der Waals surface area contributed by atoms with Crippen molar-refractivity contribution in [3.63, 3.8) is 0 Å². The van der Waals surface area contributed by atoms with Crippen molar-refractivity contribution < 1.29 is 13.7 Å². The summed E-state index contributed by atoms with van der Waals surface area (Å²) in [7, 11) is 0. The second-order valence-corrected chi connectivity index (χ2v) is 2.88. The average molecular weight is 239 g/mol. The fourth-order valence-electron chi connectivity index (χ4n) is 1.00. The Morgan fingerprint density at radius 1 is 1.60 bits per heavy atom. The average Bonchev–Trinajstić information content (AvgIpc) is 2.16. The van der Waals surface area contributed by atoms with Gasteiger partial charge in [0.25, 0.3) is 17.7 Å². The quantitative estimate of drug-likeness (QED) is 0.497. The molecule has 0 aromatic carbocycles. The Bertz CT molecular complexity index is 446. The van der Waals surface area contributed by atoms with E-state index in [1.54, 1.807) is 0 Å². The molecular formula is C7H5ClF2N2O3. The van der Waals surface area contributed by atoms with E-state index in [9.17, 15) is 23.7 Å². The number of aromatic amines is 1. The maximum absolute atomic E-state index is 12.2. The monoisotopic (exact) mass is 238 g/mol. The number of nitro groups is 1. The summed E-state index contributed by atoms with van der Waals surface area (Å²) in [5.41, 5.74) is -2.79. The van der Waals surface area contributed by atoms with Gasteiger partial charge in [0.15, 0.2) is 0 Å². The minimum absolute atomic E-state index is 0.184. The molecule has 0 fully saturated rings. The van der Waals surface area contributed by atoms with Gasteiger partial charge in [0.05, 0.1) is 16.4 Å². The van der Waals surface area contributed by atoms with Crippen molar-refractivity contribution in [3.8, 4) is 0 Å². The Morgan fingerprint density at radius 2 is 2.20 bits per heavy atom. The lowest BCUT2D eigenvalue weighted by molar-refractivity contribution is -0.385. The molecule has 0 aliphatic rings. The van der Waals surface area contributed by atoms with Gasteiger partial charge in [-0.1, -0.05) is 0 Å². The first-order valence-electron chi connectivity index (χ1n) is 3.72. The topological polar surface area (TPSA) is 76.0 Å². The fourth-order valence-corrected chi connectivity index (χ4v) is 1.20. The maximum atomic E-state index is 12.2. The zero-order valence-electron chi connectivity index (χ0n) is 7.17. The van der Waals surface area contributed by atoms with Crippen molar-refractivity contribution in [3.05, 3.63) is 37.8 Å². The van der Waals surface area contributed by atoms with E-state index in [4.69, 9.17) is 11.6 Å². The summed E-state index contributed by atoms with van der Waals surface area (Å²) in [5.74, 6) is -0.324. The summed E-state index contributed by atoms with van der Waals surface area (Å²) in [6, 6.07) is 0.543. The van der Waals surface area contributed by atoms with Crippen molar-refractivity contribution in [2.45, 2.75) is 12.3 Å².